The van der Waals surface area contributed by atoms with Crippen LogP contribution in [0.15, 0.2) is 0 Å². The van der Waals surface area contributed by atoms with Crippen LogP contribution in [0.1, 0.15) is 55.4 Å². The number of carbonyl (C=O) groups is 1. The van der Waals surface area contributed by atoms with Gasteiger partial charge < -0.3 is 43.2 Å². The number of rotatable bonds is 3. The molecular formula is C22H37NO9. The van der Waals surface area contributed by atoms with Crippen molar-refractivity contribution < 1.29 is 42.7 Å². The zero-order chi connectivity index (χ0) is 23.6. The number of nitrogens with one attached hydrogen (secondary N) is 1. The molecule has 1 N–H and O–H groups in total. The Morgan fingerprint density at radius 3 is 2.00 bits per heavy atom. The lowest BCUT2D eigenvalue weighted by atomic mass is 9.88. The molecule has 32 heavy (non-hydrogen) atoms. The second-order valence-corrected chi connectivity index (χ2v) is 10.9. The Labute approximate surface area is 189 Å². The van der Waals surface area contributed by atoms with Crippen LogP contribution < -0.4 is 5.32 Å². The highest BCUT2D eigenvalue weighted by Gasteiger charge is 2.64. The number of hydrogen-bond donors (Lipinski definition) is 1. The molecule has 9 atom stereocenters. The Morgan fingerprint density at radius 2 is 1.41 bits per heavy atom. The standard InChI is InChI=1S/C22H37NO9/c1-10-11(23-19(24)32-20(2,3)4)17(25-9)26-12(10)13-14-15(29-21(5,6)28-14)16-18(27-13)31-22(7,8)30-16/h10-18H,1-9H3,(H,23,24)/t10-,11-,12-,13+,14-,15-,16+,17-,18+/m0/s1. The van der Waals surface area contributed by atoms with Crippen molar-refractivity contribution in [2.75, 3.05) is 7.11 Å². The molecule has 0 spiro atoms. The van der Waals surface area contributed by atoms with Crippen LogP contribution in [0.2, 0.25) is 0 Å². The first kappa shape index (κ1) is 24.1. The fraction of sp³-hybridized carbons (Fsp3) is 0.955. The van der Waals surface area contributed by atoms with Gasteiger partial charge in [0, 0.05) is 13.0 Å². The van der Waals surface area contributed by atoms with E-state index in [0.717, 1.165) is 0 Å². The normalized spacial score (nSPS) is 44.7. The fourth-order valence-corrected chi connectivity index (χ4v) is 4.94. The van der Waals surface area contributed by atoms with Crippen molar-refractivity contribution in [3.63, 3.8) is 0 Å². The Bertz CT molecular complexity index is 721. The van der Waals surface area contributed by atoms with Gasteiger partial charge in [-0.2, -0.15) is 0 Å². The SMILES string of the molecule is CO[C@H]1O[C@H]([C@H]2O[C@@H]3OC(C)(C)O[C@@H]3[C@H]3OC(C)(C)O[C@H]32)[C@@H](C)[C@@H]1NC(=O)OC(C)(C)C. The molecule has 0 bridgehead atoms. The average molecular weight is 460 g/mol. The van der Waals surface area contributed by atoms with Gasteiger partial charge in [0.05, 0.1) is 12.1 Å². The molecule has 0 aromatic heterocycles. The van der Waals surface area contributed by atoms with Gasteiger partial charge in [0.15, 0.2) is 24.2 Å². The highest BCUT2D eigenvalue weighted by molar-refractivity contribution is 5.68. The first-order valence-electron chi connectivity index (χ1n) is 11.2. The minimum atomic E-state index is -0.807. The minimum Gasteiger partial charge on any atom is -0.444 e. The number of fused-ring (bicyclic) bond motifs is 3. The van der Waals surface area contributed by atoms with E-state index in [9.17, 15) is 4.79 Å². The lowest BCUT2D eigenvalue weighted by Gasteiger charge is -2.40. The molecule has 10 heteroatoms. The maximum absolute atomic E-state index is 12.4. The molecule has 4 saturated heterocycles. The molecule has 0 saturated carbocycles. The second kappa shape index (κ2) is 8.04. The summed E-state index contributed by atoms with van der Waals surface area (Å²) >= 11 is 0. The molecule has 0 radical (unpaired) electrons. The highest BCUT2D eigenvalue weighted by atomic mass is 16.9. The van der Waals surface area contributed by atoms with Crippen molar-refractivity contribution in [2.45, 2.75) is 122 Å². The molecule has 4 aliphatic rings. The maximum Gasteiger partial charge on any atom is 0.408 e. The number of ether oxygens (including phenoxy) is 8. The summed E-state index contributed by atoms with van der Waals surface area (Å²) in [6.45, 7) is 14.8. The van der Waals surface area contributed by atoms with Gasteiger partial charge in [-0.3, -0.25) is 0 Å². The first-order valence-corrected chi connectivity index (χ1v) is 11.2. The summed E-state index contributed by atoms with van der Waals surface area (Å²) in [6.07, 6.45) is -4.02. The number of amides is 1. The molecule has 4 rings (SSSR count). The van der Waals surface area contributed by atoms with Crippen LogP contribution in [-0.2, 0) is 37.9 Å². The van der Waals surface area contributed by atoms with Crippen molar-refractivity contribution >= 4 is 6.09 Å². The molecule has 4 heterocycles. The molecule has 0 aromatic carbocycles. The van der Waals surface area contributed by atoms with Crippen LogP contribution in [0.4, 0.5) is 4.79 Å². The summed E-state index contributed by atoms with van der Waals surface area (Å²) < 4.78 is 48.1. The molecule has 0 aromatic rings. The van der Waals surface area contributed by atoms with Gasteiger partial charge >= 0.3 is 6.09 Å². The monoisotopic (exact) mass is 459 g/mol. The Hall–Kier alpha value is -1.01. The van der Waals surface area contributed by atoms with Gasteiger partial charge in [0.25, 0.3) is 0 Å². The Kier molecular flexibility index (Phi) is 6.06. The van der Waals surface area contributed by atoms with Gasteiger partial charge in [-0.1, -0.05) is 6.92 Å². The van der Waals surface area contributed by atoms with Crippen molar-refractivity contribution in [3.8, 4) is 0 Å². The highest BCUT2D eigenvalue weighted by Crippen LogP contribution is 2.47. The molecule has 10 nitrogen and oxygen atoms in total. The van der Waals surface area contributed by atoms with E-state index >= 15 is 0 Å². The number of carbonyl (C=O) groups excluding carboxylic acids is 1. The van der Waals surface area contributed by atoms with E-state index < -0.39 is 66.3 Å². The number of alkyl carbamates (subject to hydrolysis) is 1. The van der Waals surface area contributed by atoms with E-state index in [1.165, 1.54) is 0 Å². The second-order valence-electron chi connectivity index (χ2n) is 10.9. The van der Waals surface area contributed by atoms with Crippen molar-refractivity contribution in [1.82, 2.24) is 5.32 Å². The van der Waals surface area contributed by atoms with Crippen molar-refractivity contribution in [3.05, 3.63) is 0 Å². The van der Waals surface area contributed by atoms with Gasteiger partial charge in [-0.25, -0.2) is 4.79 Å². The third kappa shape index (κ3) is 4.64. The molecule has 0 unspecified atom stereocenters. The molecule has 0 aliphatic carbocycles. The predicted octanol–water partition coefficient (Wildman–Crippen LogP) is 2.28. The van der Waals surface area contributed by atoms with Crippen LogP contribution in [-0.4, -0.2) is 79.5 Å². The van der Waals surface area contributed by atoms with E-state index in [2.05, 4.69) is 5.32 Å². The van der Waals surface area contributed by atoms with E-state index in [4.69, 9.17) is 37.9 Å². The van der Waals surface area contributed by atoms with E-state index in [1.54, 1.807) is 7.11 Å². The van der Waals surface area contributed by atoms with Crippen LogP contribution in [0, 0.1) is 5.92 Å². The van der Waals surface area contributed by atoms with E-state index in [-0.39, 0.29) is 12.0 Å². The maximum atomic E-state index is 12.4. The molecule has 4 fully saturated rings. The smallest absolute Gasteiger partial charge is 0.408 e. The van der Waals surface area contributed by atoms with Crippen LogP contribution in [0.5, 0.6) is 0 Å². The summed E-state index contributed by atoms with van der Waals surface area (Å²) in [5.74, 6) is -1.78. The zero-order valence-electron chi connectivity index (χ0n) is 20.4. The number of methoxy groups -OCH3 is 1. The van der Waals surface area contributed by atoms with Gasteiger partial charge in [-0.05, 0) is 48.5 Å². The summed E-state index contributed by atoms with van der Waals surface area (Å²) in [7, 11) is 1.54. The van der Waals surface area contributed by atoms with Gasteiger partial charge in [-0.15, -0.1) is 0 Å². The van der Waals surface area contributed by atoms with Crippen LogP contribution in [0.3, 0.4) is 0 Å². The molecular weight excluding hydrogens is 422 g/mol. The molecule has 184 valence electrons. The summed E-state index contributed by atoms with van der Waals surface area (Å²) in [6, 6.07) is -0.438. The van der Waals surface area contributed by atoms with Crippen molar-refractivity contribution in [2.24, 2.45) is 5.92 Å². The van der Waals surface area contributed by atoms with Crippen LogP contribution >= 0.6 is 0 Å². The molecule has 1 amide bonds. The Morgan fingerprint density at radius 1 is 0.844 bits per heavy atom. The minimum absolute atomic E-state index is 0.169. The molecule has 4 aliphatic heterocycles. The van der Waals surface area contributed by atoms with Gasteiger partial charge in [0.1, 0.15) is 30.0 Å². The van der Waals surface area contributed by atoms with Gasteiger partial charge in [0.2, 0.25) is 0 Å². The third-order valence-electron chi connectivity index (χ3n) is 6.10. The summed E-state index contributed by atoms with van der Waals surface area (Å²) in [4.78, 5) is 12.4. The average Bonchev–Trinajstić information content (AvgIpc) is 3.22. The lowest BCUT2D eigenvalue weighted by Crippen LogP contribution is -2.59. The first-order chi connectivity index (χ1) is 14.7. The van der Waals surface area contributed by atoms with E-state index in [0.29, 0.717) is 0 Å². The Balaban J connectivity index is 1.55. The number of hydrogen-bond acceptors (Lipinski definition) is 9. The quantitative estimate of drug-likeness (QED) is 0.681. The van der Waals surface area contributed by atoms with Crippen LogP contribution in [0.25, 0.3) is 0 Å². The van der Waals surface area contributed by atoms with E-state index in [1.807, 2.05) is 55.4 Å². The summed E-state index contributed by atoms with van der Waals surface area (Å²) in [5.41, 5.74) is -0.614. The van der Waals surface area contributed by atoms with Crippen molar-refractivity contribution in [1.29, 1.82) is 0 Å². The topological polar surface area (TPSA) is 103 Å². The fourth-order valence-electron chi connectivity index (χ4n) is 4.94. The predicted molar refractivity (Wildman–Crippen MR) is 111 cm³/mol. The summed E-state index contributed by atoms with van der Waals surface area (Å²) in [5, 5.41) is 2.90. The third-order valence-corrected chi connectivity index (χ3v) is 6.10. The lowest BCUT2D eigenvalue weighted by molar-refractivity contribution is -0.266. The zero-order valence-corrected chi connectivity index (χ0v) is 20.4. The largest absolute Gasteiger partial charge is 0.444 e.